The molecule has 0 saturated heterocycles. The summed E-state index contributed by atoms with van der Waals surface area (Å²) in [6.45, 7) is -0.462. The lowest BCUT2D eigenvalue weighted by Gasteiger charge is -2.07. The van der Waals surface area contributed by atoms with Gasteiger partial charge in [0, 0.05) is 16.1 Å². The minimum atomic E-state index is -0.624. The molecule has 1 amide bonds. The Hall–Kier alpha value is -3.14. The number of para-hydroxylation sites is 2. The molecular formula is C16H14BrN3O6. The molecule has 9 nitrogen and oxygen atoms in total. The van der Waals surface area contributed by atoms with Crippen molar-refractivity contribution in [2.24, 2.45) is 5.10 Å². The first-order chi connectivity index (χ1) is 12.4. The molecule has 2 rings (SSSR count). The molecule has 0 fully saturated rings. The SMILES string of the molecule is COc1cc(Br)cc(/C=N/NC(=O)COc2ccccc2[N+](=O)[O-])c1O. The number of halogens is 1. The van der Waals surface area contributed by atoms with Crippen LogP contribution in [0.1, 0.15) is 5.56 Å². The number of rotatable bonds is 7. The molecule has 0 bridgehead atoms. The number of nitro benzene ring substituents is 1. The van der Waals surface area contributed by atoms with Crippen LogP contribution < -0.4 is 14.9 Å². The molecule has 0 atom stereocenters. The number of nitrogens with zero attached hydrogens (tertiary/aromatic N) is 2. The van der Waals surface area contributed by atoms with Gasteiger partial charge in [-0.25, -0.2) is 5.43 Å². The molecule has 0 aliphatic carbocycles. The van der Waals surface area contributed by atoms with Crippen molar-refractivity contribution in [1.82, 2.24) is 5.43 Å². The average Bonchev–Trinajstić information content (AvgIpc) is 2.62. The Labute approximate surface area is 156 Å². The molecule has 0 saturated carbocycles. The van der Waals surface area contributed by atoms with Crippen molar-refractivity contribution >= 4 is 33.7 Å². The second-order valence-corrected chi connectivity index (χ2v) is 5.77. The first-order valence-electron chi connectivity index (χ1n) is 7.17. The lowest BCUT2D eigenvalue weighted by Crippen LogP contribution is -2.24. The molecule has 0 spiro atoms. The summed E-state index contributed by atoms with van der Waals surface area (Å²) in [6.07, 6.45) is 1.23. The van der Waals surface area contributed by atoms with Gasteiger partial charge in [-0.15, -0.1) is 0 Å². The first kappa shape index (κ1) is 19.2. The van der Waals surface area contributed by atoms with Crippen molar-refractivity contribution in [2.45, 2.75) is 0 Å². The Morgan fingerprint density at radius 2 is 2.12 bits per heavy atom. The van der Waals surface area contributed by atoms with Crippen molar-refractivity contribution in [2.75, 3.05) is 13.7 Å². The van der Waals surface area contributed by atoms with Gasteiger partial charge in [0.05, 0.1) is 18.2 Å². The van der Waals surface area contributed by atoms with E-state index in [9.17, 15) is 20.0 Å². The van der Waals surface area contributed by atoms with Crippen LogP contribution in [-0.4, -0.2) is 35.9 Å². The molecule has 0 aliphatic heterocycles. The zero-order valence-electron chi connectivity index (χ0n) is 13.5. The lowest BCUT2D eigenvalue weighted by molar-refractivity contribution is -0.385. The normalized spacial score (nSPS) is 10.5. The average molecular weight is 424 g/mol. The van der Waals surface area contributed by atoms with E-state index in [1.165, 1.54) is 31.5 Å². The van der Waals surface area contributed by atoms with Gasteiger partial charge in [-0.3, -0.25) is 14.9 Å². The highest BCUT2D eigenvalue weighted by molar-refractivity contribution is 9.10. The molecule has 136 valence electrons. The number of hydrogen-bond donors (Lipinski definition) is 2. The molecule has 26 heavy (non-hydrogen) atoms. The van der Waals surface area contributed by atoms with Crippen molar-refractivity contribution in [3.05, 3.63) is 56.5 Å². The maximum absolute atomic E-state index is 11.7. The fraction of sp³-hybridized carbons (Fsp3) is 0.125. The fourth-order valence-electron chi connectivity index (χ4n) is 1.93. The second-order valence-electron chi connectivity index (χ2n) is 4.85. The molecule has 10 heteroatoms. The molecule has 2 aromatic rings. The Morgan fingerprint density at radius 1 is 1.38 bits per heavy atom. The van der Waals surface area contributed by atoms with Crippen LogP contribution in [0.4, 0.5) is 5.69 Å². The predicted octanol–water partition coefficient (Wildman–Crippen LogP) is 2.60. The molecule has 0 aromatic heterocycles. The lowest BCUT2D eigenvalue weighted by atomic mass is 10.2. The summed E-state index contributed by atoms with van der Waals surface area (Å²) in [5.41, 5.74) is 2.28. The topological polar surface area (TPSA) is 123 Å². The number of hydrogen-bond acceptors (Lipinski definition) is 7. The molecule has 0 aliphatic rings. The number of phenols is 1. The molecular weight excluding hydrogens is 410 g/mol. The third-order valence-electron chi connectivity index (χ3n) is 3.10. The Kier molecular flexibility index (Phi) is 6.50. The number of aromatic hydroxyl groups is 1. The summed E-state index contributed by atoms with van der Waals surface area (Å²) in [7, 11) is 1.41. The number of benzene rings is 2. The number of hydrazone groups is 1. The van der Waals surface area contributed by atoms with Crippen LogP contribution in [0, 0.1) is 10.1 Å². The quantitative estimate of drug-likeness (QED) is 0.400. The van der Waals surface area contributed by atoms with E-state index in [4.69, 9.17) is 9.47 Å². The van der Waals surface area contributed by atoms with E-state index in [0.29, 0.717) is 10.0 Å². The number of methoxy groups -OCH3 is 1. The van der Waals surface area contributed by atoms with Crippen molar-refractivity contribution in [3.8, 4) is 17.2 Å². The van der Waals surface area contributed by atoms with E-state index in [2.05, 4.69) is 26.5 Å². The van der Waals surface area contributed by atoms with Crippen molar-refractivity contribution < 1.29 is 24.3 Å². The summed E-state index contributed by atoms with van der Waals surface area (Å²) in [4.78, 5) is 22.0. The van der Waals surface area contributed by atoms with Gasteiger partial charge in [0.2, 0.25) is 0 Å². The Balaban J connectivity index is 1.97. The maximum Gasteiger partial charge on any atom is 0.310 e. The minimum Gasteiger partial charge on any atom is -0.504 e. The van der Waals surface area contributed by atoms with Crippen LogP contribution in [0.3, 0.4) is 0 Å². The summed E-state index contributed by atoms with van der Waals surface area (Å²) in [6, 6.07) is 8.87. The summed E-state index contributed by atoms with van der Waals surface area (Å²) in [5, 5.41) is 24.6. The smallest absolute Gasteiger partial charge is 0.310 e. The standard InChI is InChI=1S/C16H14BrN3O6/c1-25-14-7-11(17)6-10(16(14)22)8-18-19-15(21)9-26-13-5-3-2-4-12(13)20(23)24/h2-8,22H,9H2,1H3,(H,19,21)/b18-8+. The van der Waals surface area contributed by atoms with Gasteiger partial charge >= 0.3 is 5.69 Å². The van der Waals surface area contributed by atoms with Gasteiger partial charge in [-0.1, -0.05) is 28.1 Å². The van der Waals surface area contributed by atoms with Gasteiger partial charge in [0.25, 0.3) is 5.91 Å². The van der Waals surface area contributed by atoms with Crippen molar-refractivity contribution in [3.63, 3.8) is 0 Å². The summed E-state index contributed by atoms with van der Waals surface area (Å²) < 4.78 is 10.8. The Morgan fingerprint density at radius 3 is 2.81 bits per heavy atom. The van der Waals surface area contributed by atoms with Crippen LogP contribution >= 0.6 is 15.9 Å². The zero-order valence-corrected chi connectivity index (χ0v) is 15.1. The monoisotopic (exact) mass is 423 g/mol. The molecule has 0 unspecified atom stereocenters. The van der Waals surface area contributed by atoms with Gasteiger partial charge in [-0.05, 0) is 18.2 Å². The van der Waals surface area contributed by atoms with Crippen LogP contribution in [0.2, 0.25) is 0 Å². The highest BCUT2D eigenvalue weighted by Crippen LogP contribution is 2.32. The van der Waals surface area contributed by atoms with Gasteiger partial charge in [-0.2, -0.15) is 5.10 Å². The van der Waals surface area contributed by atoms with Crippen LogP contribution in [0.25, 0.3) is 0 Å². The summed E-state index contributed by atoms with van der Waals surface area (Å²) >= 11 is 3.26. The predicted molar refractivity (Wildman–Crippen MR) is 96.7 cm³/mol. The highest BCUT2D eigenvalue weighted by atomic mass is 79.9. The zero-order chi connectivity index (χ0) is 19.1. The van der Waals surface area contributed by atoms with E-state index >= 15 is 0 Å². The number of ether oxygens (including phenoxy) is 2. The largest absolute Gasteiger partial charge is 0.504 e. The van der Waals surface area contributed by atoms with Gasteiger partial charge < -0.3 is 14.6 Å². The van der Waals surface area contributed by atoms with Crippen molar-refractivity contribution in [1.29, 1.82) is 0 Å². The first-order valence-corrected chi connectivity index (χ1v) is 7.96. The molecule has 0 radical (unpaired) electrons. The van der Waals surface area contributed by atoms with Gasteiger partial charge in [0.15, 0.2) is 23.9 Å². The number of phenolic OH excluding ortho intramolecular Hbond substituents is 1. The highest BCUT2D eigenvalue weighted by Gasteiger charge is 2.14. The van der Waals surface area contributed by atoms with Gasteiger partial charge in [0.1, 0.15) is 0 Å². The summed E-state index contributed by atoms with van der Waals surface area (Å²) in [5.74, 6) is -0.538. The number of nitrogens with one attached hydrogen (secondary N) is 1. The third kappa shape index (κ3) is 4.93. The molecule has 2 N–H and O–H groups in total. The van der Waals surface area contributed by atoms with E-state index < -0.39 is 17.4 Å². The van der Waals surface area contributed by atoms with E-state index in [-0.39, 0.29) is 22.9 Å². The third-order valence-corrected chi connectivity index (χ3v) is 3.56. The number of amides is 1. The molecule has 0 heterocycles. The van der Waals surface area contributed by atoms with E-state index in [1.807, 2.05) is 0 Å². The van der Waals surface area contributed by atoms with Crippen LogP contribution in [0.5, 0.6) is 17.2 Å². The second kappa shape index (κ2) is 8.81. The molecule has 2 aromatic carbocycles. The number of carbonyl (C=O) groups is 1. The van der Waals surface area contributed by atoms with Crippen LogP contribution in [-0.2, 0) is 4.79 Å². The van der Waals surface area contributed by atoms with E-state index in [0.717, 1.165) is 0 Å². The van der Waals surface area contributed by atoms with Crippen LogP contribution in [0.15, 0.2) is 46.0 Å². The Bertz CT molecular complexity index is 856. The maximum atomic E-state index is 11.7. The van der Waals surface area contributed by atoms with E-state index in [1.54, 1.807) is 18.2 Å². The number of nitro groups is 1. The number of carbonyl (C=O) groups excluding carboxylic acids is 1. The fourth-order valence-corrected chi connectivity index (χ4v) is 2.38. The minimum absolute atomic E-state index is 0.0222.